The largest absolute Gasteiger partial charge is 0.507 e. The van der Waals surface area contributed by atoms with Crippen LogP contribution in [0.15, 0.2) is 66.3 Å². The highest BCUT2D eigenvalue weighted by Gasteiger charge is 2.29. The number of nitrogens with one attached hydrogen (secondary N) is 1. The summed E-state index contributed by atoms with van der Waals surface area (Å²) in [6, 6.07) is 15.1. The van der Waals surface area contributed by atoms with Crippen molar-refractivity contribution in [1.82, 2.24) is 9.88 Å². The van der Waals surface area contributed by atoms with E-state index in [0.29, 0.717) is 17.7 Å². The highest BCUT2D eigenvalue weighted by atomic mass is 16.3. The smallest absolute Gasteiger partial charge is 0.194 e. The average Bonchev–Trinajstić information content (AvgIpc) is 3.06. The molecule has 2 aliphatic rings. The van der Waals surface area contributed by atoms with Crippen molar-refractivity contribution in [2.75, 3.05) is 13.1 Å². The van der Waals surface area contributed by atoms with Gasteiger partial charge in [-0.25, -0.2) is 0 Å². The number of Topliss-reactive ketones (excluding diaryl/α,β-unsaturated/α-hetero) is 1. The minimum absolute atomic E-state index is 0.0322. The third-order valence-electron chi connectivity index (χ3n) is 5.29. The van der Waals surface area contributed by atoms with E-state index < -0.39 is 0 Å². The van der Waals surface area contributed by atoms with E-state index in [9.17, 15) is 9.90 Å². The Morgan fingerprint density at radius 3 is 2.73 bits per heavy atom. The molecule has 3 aromatic rings. The molecule has 0 bridgehead atoms. The van der Waals surface area contributed by atoms with Crippen LogP contribution in [0.25, 0.3) is 16.6 Å². The number of benzene rings is 2. The Morgan fingerprint density at radius 1 is 1.04 bits per heavy atom. The molecule has 0 atom stereocenters. The van der Waals surface area contributed by atoms with Gasteiger partial charge in [0.2, 0.25) is 0 Å². The molecule has 2 aliphatic heterocycles. The van der Waals surface area contributed by atoms with E-state index in [1.807, 2.05) is 18.2 Å². The van der Waals surface area contributed by atoms with Gasteiger partial charge in [0.1, 0.15) is 5.75 Å². The summed E-state index contributed by atoms with van der Waals surface area (Å²) in [4.78, 5) is 18.6. The molecule has 0 spiro atoms. The number of carbonyl (C=O) groups is 1. The molecule has 0 saturated heterocycles. The molecule has 0 fully saturated rings. The summed E-state index contributed by atoms with van der Waals surface area (Å²) in [5, 5.41) is 11.3. The monoisotopic (exact) mass is 342 g/mol. The van der Waals surface area contributed by atoms with Crippen LogP contribution in [0.2, 0.25) is 0 Å². The summed E-state index contributed by atoms with van der Waals surface area (Å²) < 4.78 is 0. The van der Waals surface area contributed by atoms with Crippen molar-refractivity contribution in [2.24, 2.45) is 0 Å². The Labute approximate surface area is 151 Å². The van der Waals surface area contributed by atoms with Crippen LogP contribution >= 0.6 is 0 Å². The third-order valence-corrected chi connectivity index (χ3v) is 5.29. The fraction of sp³-hybridized carbons (Fsp3) is 0.136. The van der Waals surface area contributed by atoms with Crippen LogP contribution in [-0.2, 0) is 6.42 Å². The maximum atomic E-state index is 12.8. The number of hydrogen-bond donors (Lipinski definition) is 2. The number of fused-ring (bicyclic) bond motifs is 5. The summed E-state index contributed by atoms with van der Waals surface area (Å²) in [5.74, 6) is -0.0782. The first-order valence-corrected chi connectivity index (χ1v) is 8.81. The SMILES string of the molecule is O=C(C1=CC=C2c3[nH]c4ccccc4c3CCN2C1)c1ccccc1O. The number of hydrogen-bond acceptors (Lipinski definition) is 3. The first-order valence-electron chi connectivity index (χ1n) is 8.81. The van der Waals surface area contributed by atoms with E-state index in [1.54, 1.807) is 24.3 Å². The second kappa shape index (κ2) is 5.63. The van der Waals surface area contributed by atoms with Crippen molar-refractivity contribution in [3.8, 4) is 5.75 Å². The number of phenols is 1. The zero-order valence-corrected chi connectivity index (χ0v) is 14.2. The number of aromatic nitrogens is 1. The molecule has 4 heteroatoms. The predicted octanol–water partition coefficient (Wildman–Crippen LogP) is 3.90. The van der Waals surface area contributed by atoms with Gasteiger partial charge in [0.25, 0.3) is 0 Å². The Bertz CT molecular complexity index is 1100. The van der Waals surface area contributed by atoms with Crippen molar-refractivity contribution < 1.29 is 9.90 Å². The van der Waals surface area contributed by atoms with E-state index in [4.69, 9.17) is 0 Å². The maximum absolute atomic E-state index is 12.8. The molecule has 1 aromatic heterocycles. The van der Waals surface area contributed by atoms with E-state index in [0.717, 1.165) is 29.9 Å². The van der Waals surface area contributed by atoms with Gasteiger partial charge in [-0.1, -0.05) is 36.4 Å². The topological polar surface area (TPSA) is 56.3 Å². The van der Waals surface area contributed by atoms with Gasteiger partial charge in [0, 0.05) is 29.6 Å². The number of aromatic amines is 1. The van der Waals surface area contributed by atoms with Gasteiger partial charge < -0.3 is 15.0 Å². The Hall–Kier alpha value is -3.27. The molecular weight excluding hydrogens is 324 g/mol. The molecule has 0 saturated carbocycles. The van der Waals surface area contributed by atoms with Gasteiger partial charge in [0.05, 0.1) is 17.0 Å². The number of carbonyl (C=O) groups excluding carboxylic acids is 1. The molecule has 26 heavy (non-hydrogen) atoms. The lowest BCUT2D eigenvalue weighted by Crippen LogP contribution is -2.34. The van der Waals surface area contributed by atoms with Gasteiger partial charge in [-0.3, -0.25) is 4.79 Å². The lowest BCUT2D eigenvalue weighted by molar-refractivity contribution is 0.102. The van der Waals surface area contributed by atoms with Crippen molar-refractivity contribution in [3.63, 3.8) is 0 Å². The highest BCUT2D eigenvalue weighted by Crippen LogP contribution is 2.36. The Kier molecular flexibility index (Phi) is 3.25. The van der Waals surface area contributed by atoms with Crippen molar-refractivity contribution in [1.29, 1.82) is 0 Å². The zero-order valence-electron chi connectivity index (χ0n) is 14.2. The maximum Gasteiger partial charge on any atom is 0.194 e. The van der Waals surface area contributed by atoms with Gasteiger partial charge >= 0.3 is 0 Å². The number of allylic oxidation sites excluding steroid dienone is 2. The first-order chi connectivity index (χ1) is 12.7. The number of nitrogens with zero attached hydrogens (tertiary/aromatic N) is 1. The molecular formula is C22H18N2O2. The molecule has 0 aliphatic carbocycles. The lowest BCUT2D eigenvalue weighted by atomic mass is 9.94. The third kappa shape index (κ3) is 2.19. The lowest BCUT2D eigenvalue weighted by Gasteiger charge is -2.34. The standard InChI is InChI=1S/C22H18N2O2/c25-20-8-4-2-6-17(20)22(26)14-9-10-19-21-16(11-12-24(19)13-14)15-5-1-3-7-18(15)23-21/h1-10,23,25H,11-13H2. The van der Waals surface area contributed by atoms with Crippen molar-refractivity contribution >= 4 is 22.4 Å². The van der Waals surface area contributed by atoms with E-state index >= 15 is 0 Å². The van der Waals surface area contributed by atoms with Crippen LogP contribution in [0.3, 0.4) is 0 Å². The Balaban J connectivity index is 1.56. The molecule has 5 rings (SSSR count). The number of rotatable bonds is 2. The normalized spacial score (nSPS) is 15.9. The highest BCUT2D eigenvalue weighted by molar-refractivity contribution is 6.11. The Morgan fingerprint density at radius 2 is 1.85 bits per heavy atom. The fourth-order valence-corrected chi connectivity index (χ4v) is 3.98. The van der Waals surface area contributed by atoms with Crippen molar-refractivity contribution in [3.05, 3.63) is 83.1 Å². The molecule has 2 aromatic carbocycles. The summed E-state index contributed by atoms with van der Waals surface area (Å²) in [6.45, 7) is 1.44. The summed E-state index contributed by atoms with van der Waals surface area (Å²) in [7, 11) is 0. The van der Waals surface area contributed by atoms with Gasteiger partial charge in [-0.15, -0.1) is 0 Å². The van der Waals surface area contributed by atoms with Crippen molar-refractivity contribution in [2.45, 2.75) is 6.42 Å². The van der Waals surface area contributed by atoms with Crippen LogP contribution in [0.1, 0.15) is 21.6 Å². The number of para-hydroxylation sites is 2. The number of ketones is 1. The number of aromatic hydroxyl groups is 1. The summed E-state index contributed by atoms with van der Waals surface area (Å²) in [6.07, 6.45) is 4.86. The van der Waals surface area contributed by atoms with Gasteiger partial charge in [-0.2, -0.15) is 0 Å². The molecule has 0 amide bonds. The fourth-order valence-electron chi connectivity index (χ4n) is 3.98. The molecule has 3 heterocycles. The van der Waals surface area contributed by atoms with E-state index in [2.05, 4.69) is 28.1 Å². The molecule has 0 unspecified atom stereocenters. The van der Waals surface area contributed by atoms with Crippen LogP contribution in [0.4, 0.5) is 0 Å². The van der Waals surface area contributed by atoms with E-state index in [1.165, 1.54) is 10.9 Å². The number of phenolic OH excluding ortho intramolecular Hbond substituents is 1. The van der Waals surface area contributed by atoms with Gasteiger partial charge in [0.15, 0.2) is 5.78 Å². The first kappa shape index (κ1) is 15.0. The molecule has 4 nitrogen and oxygen atoms in total. The minimum atomic E-state index is -0.110. The van der Waals surface area contributed by atoms with Crippen LogP contribution in [0.5, 0.6) is 5.75 Å². The second-order valence-corrected chi connectivity index (χ2v) is 6.79. The molecule has 128 valence electrons. The second-order valence-electron chi connectivity index (χ2n) is 6.79. The van der Waals surface area contributed by atoms with Crippen LogP contribution < -0.4 is 0 Å². The van der Waals surface area contributed by atoms with E-state index in [-0.39, 0.29) is 11.5 Å². The summed E-state index contributed by atoms with van der Waals surface area (Å²) in [5.41, 5.74) is 5.86. The minimum Gasteiger partial charge on any atom is -0.507 e. The summed E-state index contributed by atoms with van der Waals surface area (Å²) >= 11 is 0. The van der Waals surface area contributed by atoms with Crippen LogP contribution in [-0.4, -0.2) is 33.9 Å². The predicted molar refractivity (Wildman–Crippen MR) is 102 cm³/mol. The average molecular weight is 342 g/mol. The van der Waals surface area contributed by atoms with Crippen LogP contribution in [0, 0.1) is 0 Å². The van der Waals surface area contributed by atoms with Gasteiger partial charge in [-0.05, 0) is 36.3 Å². The number of H-pyrrole nitrogens is 1. The molecule has 0 radical (unpaired) electrons. The quantitative estimate of drug-likeness (QED) is 0.695. The molecule has 2 N–H and O–H groups in total. The zero-order chi connectivity index (χ0) is 17.7.